The van der Waals surface area contributed by atoms with Crippen LogP contribution in [0.4, 0.5) is 11.4 Å². The molecule has 0 saturated carbocycles. The number of rotatable bonds is 6. The van der Waals surface area contributed by atoms with Crippen LogP contribution in [0.3, 0.4) is 0 Å². The Morgan fingerprint density at radius 3 is 1.16 bits per heavy atom. The van der Waals surface area contributed by atoms with Crippen molar-refractivity contribution < 1.29 is 19.2 Å². The Hall–Kier alpha value is -4.58. The van der Waals surface area contributed by atoms with Crippen LogP contribution in [0.15, 0.2) is 72.8 Å². The number of hydrogen-bond donors (Lipinski definition) is 0. The van der Waals surface area contributed by atoms with E-state index in [0.717, 1.165) is 36.8 Å². The molecular formula is C32H26N2O4. The number of benzene rings is 4. The van der Waals surface area contributed by atoms with Crippen molar-refractivity contribution in [3.8, 4) is 0 Å². The molecular weight excluding hydrogens is 476 g/mol. The number of aryl methyl sites for hydroxylation is 2. The van der Waals surface area contributed by atoms with E-state index in [2.05, 4.69) is 13.8 Å². The minimum atomic E-state index is -0.463. The molecule has 38 heavy (non-hydrogen) atoms. The number of carbonyl (C=O) groups is 4. The zero-order valence-corrected chi connectivity index (χ0v) is 21.3. The summed E-state index contributed by atoms with van der Waals surface area (Å²) in [4.78, 5) is 57.1. The summed E-state index contributed by atoms with van der Waals surface area (Å²) < 4.78 is 0. The molecule has 2 aliphatic rings. The lowest BCUT2D eigenvalue weighted by Gasteiger charge is -2.32. The smallest absolute Gasteiger partial charge is 0.265 e. The largest absolute Gasteiger partial charge is 0.268 e. The second kappa shape index (κ2) is 9.06. The molecule has 2 aliphatic heterocycles. The average Bonchev–Trinajstić information content (AvgIpc) is 2.91. The summed E-state index contributed by atoms with van der Waals surface area (Å²) in [6.07, 6.45) is 3.57. The summed E-state index contributed by atoms with van der Waals surface area (Å²) in [6, 6.07) is 21.3. The molecule has 0 saturated heterocycles. The molecule has 4 aromatic carbocycles. The lowest BCUT2D eigenvalue weighted by Crippen LogP contribution is -2.43. The molecule has 6 nitrogen and oxygen atoms in total. The zero-order chi connectivity index (χ0) is 26.6. The monoisotopic (exact) mass is 502 g/mol. The van der Waals surface area contributed by atoms with Gasteiger partial charge < -0.3 is 0 Å². The first kappa shape index (κ1) is 23.8. The third-order valence-corrected chi connectivity index (χ3v) is 7.31. The number of amides is 4. The Morgan fingerprint density at radius 2 is 0.842 bits per heavy atom. The lowest BCUT2D eigenvalue weighted by atomic mass is 9.85. The summed E-state index contributed by atoms with van der Waals surface area (Å²) >= 11 is 0. The highest BCUT2D eigenvalue weighted by molar-refractivity contribution is 6.42. The third-order valence-electron chi connectivity index (χ3n) is 7.31. The van der Waals surface area contributed by atoms with Crippen molar-refractivity contribution in [2.24, 2.45) is 0 Å². The van der Waals surface area contributed by atoms with Gasteiger partial charge in [-0.05, 0) is 72.5 Å². The first-order chi connectivity index (χ1) is 18.4. The third kappa shape index (κ3) is 3.48. The van der Waals surface area contributed by atoms with Gasteiger partial charge in [0.05, 0.1) is 11.4 Å². The van der Waals surface area contributed by atoms with Crippen molar-refractivity contribution in [3.05, 3.63) is 106 Å². The summed E-state index contributed by atoms with van der Waals surface area (Å²) in [6.45, 7) is 4.15. The van der Waals surface area contributed by atoms with Gasteiger partial charge in [0.15, 0.2) is 0 Å². The van der Waals surface area contributed by atoms with E-state index in [1.165, 1.54) is 9.80 Å². The van der Waals surface area contributed by atoms with E-state index in [9.17, 15) is 19.2 Å². The molecule has 4 amide bonds. The predicted molar refractivity (Wildman–Crippen MR) is 147 cm³/mol. The first-order valence-electron chi connectivity index (χ1n) is 13.0. The maximum atomic E-state index is 13.7. The van der Waals surface area contributed by atoms with Crippen LogP contribution in [0, 0.1) is 0 Å². The lowest BCUT2D eigenvalue weighted by molar-refractivity contribution is 0.0873. The van der Waals surface area contributed by atoms with Crippen LogP contribution in [0.2, 0.25) is 0 Å². The van der Waals surface area contributed by atoms with Crippen LogP contribution in [0.5, 0.6) is 0 Å². The number of hydrogen-bond acceptors (Lipinski definition) is 4. The van der Waals surface area contributed by atoms with Gasteiger partial charge in [-0.25, -0.2) is 9.80 Å². The predicted octanol–water partition coefficient (Wildman–Crippen LogP) is 6.35. The van der Waals surface area contributed by atoms with Gasteiger partial charge in [0, 0.05) is 33.0 Å². The summed E-state index contributed by atoms with van der Waals surface area (Å²) in [5.74, 6) is -1.85. The van der Waals surface area contributed by atoms with Gasteiger partial charge in [0.1, 0.15) is 0 Å². The summed E-state index contributed by atoms with van der Waals surface area (Å²) in [5, 5.41) is 0.745. The van der Waals surface area contributed by atoms with Gasteiger partial charge in [-0.15, -0.1) is 0 Å². The van der Waals surface area contributed by atoms with Gasteiger partial charge in [-0.3, -0.25) is 19.2 Å². The molecule has 4 aromatic rings. The van der Waals surface area contributed by atoms with Crippen LogP contribution in [0.25, 0.3) is 10.8 Å². The first-order valence-corrected chi connectivity index (χ1v) is 13.0. The topological polar surface area (TPSA) is 74.8 Å². The molecule has 0 unspecified atom stereocenters. The SMILES string of the molecule is CCCc1cccc(N2C(=O)c3ccc4c5c(ccc(c35)C2=O)C(=O)N(c2cccc(CCC)c2)C4=O)c1. The Morgan fingerprint density at radius 1 is 0.500 bits per heavy atom. The normalized spacial score (nSPS) is 14.6. The van der Waals surface area contributed by atoms with Crippen LogP contribution in [-0.2, 0) is 12.8 Å². The van der Waals surface area contributed by atoms with Crippen molar-refractivity contribution in [1.29, 1.82) is 0 Å². The second-order valence-electron chi connectivity index (χ2n) is 9.80. The zero-order valence-electron chi connectivity index (χ0n) is 21.3. The molecule has 0 atom stereocenters. The van der Waals surface area contributed by atoms with Gasteiger partial charge in [-0.2, -0.15) is 0 Å². The van der Waals surface area contributed by atoms with E-state index < -0.39 is 23.6 Å². The van der Waals surface area contributed by atoms with Crippen LogP contribution in [0.1, 0.15) is 79.2 Å². The van der Waals surface area contributed by atoms with Gasteiger partial charge in [0.25, 0.3) is 23.6 Å². The molecule has 0 bridgehead atoms. The fraction of sp³-hybridized carbons (Fsp3) is 0.188. The van der Waals surface area contributed by atoms with Gasteiger partial charge in [-0.1, -0.05) is 51.0 Å². The molecule has 0 aromatic heterocycles. The molecule has 0 N–H and O–H groups in total. The number of nitrogens with zero attached hydrogens (tertiary/aromatic N) is 2. The van der Waals surface area contributed by atoms with E-state index in [1.807, 2.05) is 36.4 Å². The highest BCUT2D eigenvalue weighted by Crippen LogP contribution is 2.40. The number of carbonyl (C=O) groups excluding carboxylic acids is 4. The van der Waals surface area contributed by atoms with Crippen molar-refractivity contribution in [3.63, 3.8) is 0 Å². The van der Waals surface area contributed by atoms with E-state index in [0.29, 0.717) is 44.4 Å². The molecule has 188 valence electrons. The minimum absolute atomic E-state index is 0.306. The summed E-state index contributed by atoms with van der Waals surface area (Å²) in [7, 11) is 0. The summed E-state index contributed by atoms with van der Waals surface area (Å²) in [5.41, 5.74) is 4.33. The maximum Gasteiger partial charge on any atom is 0.265 e. The highest BCUT2D eigenvalue weighted by Gasteiger charge is 2.40. The fourth-order valence-electron chi connectivity index (χ4n) is 5.62. The Labute approximate surface area is 220 Å². The van der Waals surface area contributed by atoms with Crippen molar-refractivity contribution in [1.82, 2.24) is 0 Å². The van der Waals surface area contributed by atoms with E-state index in [4.69, 9.17) is 0 Å². The standard InChI is InChI=1S/C32H26N2O4/c1-3-7-19-9-5-11-21(17-19)33-29(35)23-13-15-25-28-26(16-14-24(27(23)28)30(33)36)32(38)34(31(25)37)22-12-6-10-20(18-22)8-4-2/h5-6,9-18H,3-4,7-8H2,1-2H3. The maximum absolute atomic E-state index is 13.7. The minimum Gasteiger partial charge on any atom is -0.268 e. The Balaban J connectivity index is 1.49. The van der Waals surface area contributed by atoms with E-state index in [-0.39, 0.29) is 0 Å². The molecule has 0 aliphatic carbocycles. The van der Waals surface area contributed by atoms with Crippen molar-refractivity contribution in [2.75, 3.05) is 9.80 Å². The van der Waals surface area contributed by atoms with Gasteiger partial charge >= 0.3 is 0 Å². The van der Waals surface area contributed by atoms with Crippen LogP contribution >= 0.6 is 0 Å². The molecule has 0 spiro atoms. The highest BCUT2D eigenvalue weighted by atomic mass is 16.2. The van der Waals surface area contributed by atoms with Crippen molar-refractivity contribution >= 4 is 45.8 Å². The van der Waals surface area contributed by atoms with E-state index in [1.54, 1.807) is 36.4 Å². The number of anilines is 2. The Kier molecular flexibility index (Phi) is 5.68. The molecule has 2 heterocycles. The molecule has 0 fully saturated rings. The van der Waals surface area contributed by atoms with Crippen LogP contribution < -0.4 is 9.80 Å². The fourth-order valence-corrected chi connectivity index (χ4v) is 5.62. The van der Waals surface area contributed by atoms with Crippen molar-refractivity contribution in [2.45, 2.75) is 39.5 Å². The quantitative estimate of drug-likeness (QED) is 0.288. The number of imide groups is 2. The Bertz CT molecular complexity index is 1490. The van der Waals surface area contributed by atoms with Gasteiger partial charge in [0.2, 0.25) is 0 Å². The average molecular weight is 503 g/mol. The molecule has 6 rings (SSSR count). The second-order valence-corrected chi connectivity index (χ2v) is 9.80. The molecule has 6 heteroatoms. The molecule has 0 radical (unpaired) electrons. The van der Waals surface area contributed by atoms with E-state index >= 15 is 0 Å². The van der Waals surface area contributed by atoms with Crippen LogP contribution in [-0.4, -0.2) is 23.6 Å².